The Bertz CT molecular complexity index is 974. The maximum Gasteiger partial charge on any atom is 0.172 e. The van der Waals surface area contributed by atoms with Gasteiger partial charge in [-0.3, -0.25) is 4.79 Å². The highest BCUT2D eigenvalue weighted by molar-refractivity contribution is 8.04. The number of aromatic nitrogens is 3. The summed E-state index contributed by atoms with van der Waals surface area (Å²) in [6, 6.07) is 2.08. The van der Waals surface area contributed by atoms with Gasteiger partial charge in [-0.05, 0) is 62.5 Å². The highest BCUT2D eigenvalue weighted by Gasteiger charge is 2.44. The molecule has 2 aromatic heterocycles. The number of ketones is 1. The van der Waals surface area contributed by atoms with E-state index >= 15 is 0 Å². The lowest BCUT2D eigenvalue weighted by molar-refractivity contribution is -0.119. The fourth-order valence-electron chi connectivity index (χ4n) is 4.99. The number of carbonyl (C=O) groups is 1. The maximum absolute atomic E-state index is 13.3. The number of Topliss-reactive ketones (excluding diaryl/α,β-unsaturated/α-hetero) is 1. The molecule has 0 bridgehead atoms. The van der Waals surface area contributed by atoms with Crippen LogP contribution >= 0.6 is 11.8 Å². The Hall–Kier alpha value is -2.08. The third-order valence-corrected chi connectivity index (χ3v) is 7.98. The number of carbonyl (C=O) groups excluding carboxylic acids is 1. The molecule has 1 atom stereocenters. The van der Waals surface area contributed by atoms with Crippen molar-refractivity contribution in [2.24, 2.45) is 11.3 Å². The Morgan fingerprint density at radius 1 is 1.20 bits per heavy atom. The van der Waals surface area contributed by atoms with Gasteiger partial charge in [0.2, 0.25) is 0 Å². The minimum Gasteiger partial charge on any atom is -0.355 e. The number of nitrogens with zero attached hydrogens (tertiary/aromatic N) is 3. The lowest BCUT2D eigenvalue weighted by atomic mass is 9.87. The standard InChI is InChI=1S/C24H30N4OS/c29-21(20-8-2-1-3-15-30-20)18-6-4-10-24(11-12-24)16-28(14-5-7-18)23-19-9-13-25-22(19)26-17-27-23/h1-2,8-9,13,17-18H,3-7,10-12,14-16H2,(H,25,26,27). The summed E-state index contributed by atoms with van der Waals surface area (Å²) in [7, 11) is 0. The van der Waals surface area contributed by atoms with Crippen molar-refractivity contribution in [2.75, 3.05) is 23.7 Å². The fourth-order valence-corrected chi connectivity index (χ4v) is 5.95. The highest BCUT2D eigenvalue weighted by Crippen LogP contribution is 2.51. The van der Waals surface area contributed by atoms with E-state index in [1.807, 2.05) is 12.3 Å². The number of allylic oxidation sites excluding steroid dienone is 4. The minimum atomic E-state index is 0.156. The first-order chi connectivity index (χ1) is 14.7. The van der Waals surface area contributed by atoms with Gasteiger partial charge in [0.1, 0.15) is 17.8 Å². The quantitative estimate of drug-likeness (QED) is 0.730. The summed E-state index contributed by atoms with van der Waals surface area (Å²) in [5, 5.41) is 1.10. The predicted octanol–water partition coefficient (Wildman–Crippen LogP) is 5.27. The van der Waals surface area contributed by atoms with Crippen molar-refractivity contribution in [3.05, 3.63) is 41.7 Å². The average Bonchev–Trinajstić information content (AvgIpc) is 3.44. The predicted molar refractivity (Wildman–Crippen MR) is 124 cm³/mol. The largest absolute Gasteiger partial charge is 0.355 e. The second kappa shape index (κ2) is 8.58. The third kappa shape index (κ3) is 4.20. The molecular formula is C24H30N4OS. The molecule has 30 heavy (non-hydrogen) atoms. The molecule has 3 aliphatic rings. The number of hydrogen-bond donors (Lipinski definition) is 1. The van der Waals surface area contributed by atoms with E-state index in [2.05, 4.69) is 38.1 Å². The zero-order chi connectivity index (χ0) is 20.4. The van der Waals surface area contributed by atoms with Gasteiger partial charge in [0.05, 0.1) is 10.3 Å². The molecule has 2 aromatic rings. The topological polar surface area (TPSA) is 61.9 Å². The summed E-state index contributed by atoms with van der Waals surface area (Å²) < 4.78 is 0. The first kappa shape index (κ1) is 19.9. The van der Waals surface area contributed by atoms with Crippen molar-refractivity contribution in [2.45, 2.75) is 51.4 Å². The first-order valence-electron chi connectivity index (χ1n) is 11.3. The van der Waals surface area contributed by atoms with E-state index in [0.29, 0.717) is 11.2 Å². The SMILES string of the molecule is O=C(C1=CC=CCCS1)C1CCCN(c2ncnc3[nH]ccc23)CC2(CCC1)CC2. The summed E-state index contributed by atoms with van der Waals surface area (Å²) in [5.41, 5.74) is 1.32. The van der Waals surface area contributed by atoms with Crippen molar-refractivity contribution in [3.63, 3.8) is 0 Å². The second-order valence-corrected chi connectivity index (χ2v) is 10.2. The third-order valence-electron chi connectivity index (χ3n) is 6.90. The maximum atomic E-state index is 13.3. The van der Waals surface area contributed by atoms with Crippen LogP contribution in [0.3, 0.4) is 0 Å². The number of nitrogens with one attached hydrogen (secondary N) is 1. The van der Waals surface area contributed by atoms with Crippen molar-refractivity contribution in [1.29, 1.82) is 0 Å². The number of H-pyrrole nitrogens is 1. The van der Waals surface area contributed by atoms with Crippen molar-refractivity contribution >= 4 is 34.4 Å². The van der Waals surface area contributed by atoms with Crippen LogP contribution in [0.1, 0.15) is 51.4 Å². The Balaban J connectivity index is 1.35. The molecule has 1 N–H and O–H groups in total. The van der Waals surface area contributed by atoms with Crippen LogP contribution in [0.2, 0.25) is 0 Å². The van der Waals surface area contributed by atoms with Crippen LogP contribution in [0.25, 0.3) is 11.0 Å². The Morgan fingerprint density at radius 2 is 2.10 bits per heavy atom. The van der Waals surface area contributed by atoms with Gasteiger partial charge in [-0.1, -0.05) is 18.6 Å². The molecule has 158 valence electrons. The number of rotatable bonds is 3. The molecule has 5 nitrogen and oxygen atoms in total. The summed E-state index contributed by atoms with van der Waals surface area (Å²) in [4.78, 5) is 29.0. The molecule has 2 aliphatic heterocycles. The van der Waals surface area contributed by atoms with E-state index in [4.69, 9.17) is 0 Å². The number of hydrogen-bond acceptors (Lipinski definition) is 5. The molecule has 1 saturated heterocycles. The van der Waals surface area contributed by atoms with Gasteiger partial charge in [0.15, 0.2) is 5.78 Å². The van der Waals surface area contributed by atoms with Crippen molar-refractivity contribution in [1.82, 2.24) is 15.0 Å². The normalized spacial score (nSPS) is 24.5. The Morgan fingerprint density at radius 3 is 3.00 bits per heavy atom. The van der Waals surface area contributed by atoms with Crippen LogP contribution < -0.4 is 4.90 Å². The van der Waals surface area contributed by atoms with Gasteiger partial charge in [-0.25, -0.2) is 9.97 Å². The van der Waals surface area contributed by atoms with Crippen molar-refractivity contribution in [3.8, 4) is 0 Å². The van der Waals surface area contributed by atoms with E-state index < -0.39 is 0 Å². The van der Waals surface area contributed by atoms with Crippen LogP contribution in [0.4, 0.5) is 5.82 Å². The summed E-state index contributed by atoms with van der Waals surface area (Å²) in [6.45, 7) is 2.03. The van der Waals surface area contributed by atoms with Gasteiger partial charge < -0.3 is 9.88 Å². The Labute approximate surface area is 182 Å². The van der Waals surface area contributed by atoms with E-state index in [9.17, 15) is 4.79 Å². The number of fused-ring (bicyclic) bond motifs is 1. The molecular weight excluding hydrogens is 392 g/mol. The van der Waals surface area contributed by atoms with E-state index in [1.54, 1.807) is 18.1 Å². The van der Waals surface area contributed by atoms with Gasteiger partial charge in [-0.2, -0.15) is 0 Å². The van der Waals surface area contributed by atoms with E-state index in [-0.39, 0.29) is 5.92 Å². The van der Waals surface area contributed by atoms with Crippen LogP contribution in [-0.4, -0.2) is 39.6 Å². The molecule has 0 amide bonds. The Kier molecular flexibility index (Phi) is 5.68. The van der Waals surface area contributed by atoms with Gasteiger partial charge in [-0.15, -0.1) is 11.8 Å². The first-order valence-corrected chi connectivity index (χ1v) is 12.3. The average molecular weight is 423 g/mol. The van der Waals surface area contributed by atoms with E-state index in [0.717, 1.165) is 72.7 Å². The zero-order valence-electron chi connectivity index (χ0n) is 17.5. The lowest BCUT2D eigenvalue weighted by Crippen LogP contribution is -2.34. The molecule has 1 spiro atoms. The number of thioether (sulfide) groups is 1. The summed E-state index contributed by atoms with van der Waals surface area (Å²) >= 11 is 1.74. The lowest BCUT2D eigenvalue weighted by Gasteiger charge is -2.31. The second-order valence-electron chi connectivity index (χ2n) is 9.05. The smallest absolute Gasteiger partial charge is 0.172 e. The number of aromatic amines is 1. The summed E-state index contributed by atoms with van der Waals surface area (Å²) in [6.07, 6.45) is 18.9. The molecule has 0 radical (unpaired) electrons. The van der Waals surface area contributed by atoms with Crippen LogP contribution in [0.15, 0.2) is 41.7 Å². The monoisotopic (exact) mass is 422 g/mol. The molecule has 4 heterocycles. The minimum absolute atomic E-state index is 0.156. The highest BCUT2D eigenvalue weighted by atomic mass is 32.2. The molecule has 1 saturated carbocycles. The van der Waals surface area contributed by atoms with Crippen LogP contribution in [0, 0.1) is 11.3 Å². The summed E-state index contributed by atoms with van der Waals surface area (Å²) in [5.74, 6) is 2.59. The van der Waals surface area contributed by atoms with Crippen molar-refractivity contribution < 1.29 is 4.79 Å². The van der Waals surface area contributed by atoms with Crippen LogP contribution in [-0.2, 0) is 4.79 Å². The molecule has 2 fully saturated rings. The molecule has 5 rings (SSSR count). The molecule has 1 aliphatic carbocycles. The molecule has 6 heteroatoms. The zero-order valence-corrected chi connectivity index (χ0v) is 18.3. The van der Waals surface area contributed by atoms with E-state index in [1.165, 1.54) is 19.3 Å². The van der Waals surface area contributed by atoms with Gasteiger partial charge in [0, 0.05) is 31.0 Å². The van der Waals surface area contributed by atoms with Gasteiger partial charge >= 0.3 is 0 Å². The number of anilines is 1. The molecule has 0 aromatic carbocycles. The van der Waals surface area contributed by atoms with Crippen LogP contribution in [0.5, 0.6) is 0 Å². The fraction of sp³-hybridized carbons (Fsp3) is 0.542. The van der Waals surface area contributed by atoms with Gasteiger partial charge in [0.25, 0.3) is 0 Å². The molecule has 1 unspecified atom stereocenters.